The Labute approximate surface area is 107 Å². The summed E-state index contributed by atoms with van der Waals surface area (Å²) in [6.07, 6.45) is 3.61. The van der Waals surface area contributed by atoms with E-state index in [2.05, 4.69) is 20.5 Å². The normalized spacial score (nSPS) is 19.8. The lowest BCUT2D eigenvalue weighted by molar-refractivity contribution is 0.0729. The zero-order valence-electron chi connectivity index (χ0n) is 11.1. The van der Waals surface area contributed by atoms with Gasteiger partial charge in [0.05, 0.1) is 0 Å². The van der Waals surface area contributed by atoms with Crippen LogP contribution in [0, 0.1) is 6.92 Å². The minimum Gasteiger partial charge on any atom is -0.335 e. The number of carbonyl (C=O) groups is 1. The number of aromatic nitrogens is 3. The Morgan fingerprint density at radius 1 is 1.50 bits per heavy atom. The Balaban J connectivity index is 1.97. The van der Waals surface area contributed by atoms with Crippen molar-refractivity contribution in [2.24, 2.45) is 0 Å². The van der Waals surface area contributed by atoms with Gasteiger partial charge in [0.25, 0.3) is 5.91 Å². The molecule has 100 valence electrons. The van der Waals surface area contributed by atoms with E-state index in [9.17, 15) is 4.79 Å². The van der Waals surface area contributed by atoms with Crippen molar-refractivity contribution in [2.45, 2.75) is 39.2 Å². The van der Waals surface area contributed by atoms with Gasteiger partial charge in [-0.2, -0.15) is 0 Å². The lowest BCUT2D eigenvalue weighted by Gasteiger charge is -2.29. The van der Waals surface area contributed by atoms with Gasteiger partial charge in [0, 0.05) is 19.1 Å². The van der Waals surface area contributed by atoms with E-state index < -0.39 is 0 Å². The number of nitrogens with zero attached hydrogens (tertiary/aromatic N) is 3. The zero-order chi connectivity index (χ0) is 13.0. The standard InChI is InChI=1S/C12H21N5O/c1-3-17(8-10-6-4-5-7-13-10)12(18)11-14-9(2)15-16-11/h10,13H,3-8H2,1-2H3,(H,14,15,16). The van der Waals surface area contributed by atoms with Crippen LogP contribution in [0.4, 0.5) is 0 Å². The molecule has 18 heavy (non-hydrogen) atoms. The third-order valence-electron chi connectivity index (χ3n) is 3.31. The fourth-order valence-electron chi connectivity index (χ4n) is 2.28. The first-order valence-corrected chi connectivity index (χ1v) is 6.62. The van der Waals surface area contributed by atoms with Gasteiger partial charge in [0.1, 0.15) is 5.82 Å². The molecule has 1 aliphatic heterocycles. The average molecular weight is 251 g/mol. The van der Waals surface area contributed by atoms with Crippen molar-refractivity contribution in [3.05, 3.63) is 11.6 Å². The molecular formula is C12H21N5O. The summed E-state index contributed by atoms with van der Waals surface area (Å²) in [7, 11) is 0. The molecule has 1 fully saturated rings. The number of aryl methyl sites for hydroxylation is 1. The Bertz CT molecular complexity index is 397. The number of nitrogens with one attached hydrogen (secondary N) is 2. The first kappa shape index (κ1) is 13.0. The van der Waals surface area contributed by atoms with Gasteiger partial charge in [0.2, 0.25) is 5.82 Å². The highest BCUT2D eigenvalue weighted by atomic mass is 16.2. The molecule has 0 spiro atoms. The van der Waals surface area contributed by atoms with Crippen LogP contribution in [0.15, 0.2) is 0 Å². The van der Waals surface area contributed by atoms with Crippen LogP contribution in [0.2, 0.25) is 0 Å². The summed E-state index contributed by atoms with van der Waals surface area (Å²) in [6, 6.07) is 0.405. The SMILES string of the molecule is CCN(CC1CCCCN1)C(=O)c1n[nH]c(C)n1. The van der Waals surface area contributed by atoms with Crippen LogP contribution in [-0.2, 0) is 0 Å². The fourth-order valence-corrected chi connectivity index (χ4v) is 2.28. The van der Waals surface area contributed by atoms with Crippen molar-refractivity contribution in [2.75, 3.05) is 19.6 Å². The highest BCUT2D eigenvalue weighted by Gasteiger charge is 2.22. The predicted octanol–water partition coefficient (Wildman–Crippen LogP) is 0.717. The Morgan fingerprint density at radius 3 is 2.89 bits per heavy atom. The van der Waals surface area contributed by atoms with Crippen molar-refractivity contribution in [3.8, 4) is 0 Å². The number of likely N-dealkylation sites (N-methyl/N-ethyl adjacent to an activating group) is 1. The Morgan fingerprint density at radius 2 is 2.33 bits per heavy atom. The largest absolute Gasteiger partial charge is 0.335 e. The highest BCUT2D eigenvalue weighted by molar-refractivity contribution is 5.90. The maximum Gasteiger partial charge on any atom is 0.293 e. The molecule has 0 radical (unpaired) electrons. The molecule has 6 heteroatoms. The maximum absolute atomic E-state index is 12.2. The predicted molar refractivity (Wildman–Crippen MR) is 68.3 cm³/mol. The molecular weight excluding hydrogens is 230 g/mol. The van der Waals surface area contributed by atoms with E-state index in [-0.39, 0.29) is 11.7 Å². The number of H-pyrrole nitrogens is 1. The molecule has 0 saturated carbocycles. The average Bonchev–Trinajstić information content (AvgIpc) is 2.83. The van der Waals surface area contributed by atoms with Crippen LogP contribution in [0.1, 0.15) is 42.6 Å². The summed E-state index contributed by atoms with van der Waals surface area (Å²) in [6.45, 7) is 6.26. The molecule has 0 bridgehead atoms. The van der Waals surface area contributed by atoms with Gasteiger partial charge < -0.3 is 10.2 Å². The minimum absolute atomic E-state index is 0.0887. The second kappa shape index (κ2) is 5.95. The van der Waals surface area contributed by atoms with Crippen LogP contribution in [0.3, 0.4) is 0 Å². The van der Waals surface area contributed by atoms with Gasteiger partial charge in [-0.15, -0.1) is 5.10 Å². The number of aromatic amines is 1. The van der Waals surface area contributed by atoms with Crippen LogP contribution >= 0.6 is 0 Å². The van der Waals surface area contributed by atoms with E-state index in [0.717, 1.165) is 19.5 Å². The highest BCUT2D eigenvalue weighted by Crippen LogP contribution is 2.09. The van der Waals surface area contributed by atoms with Crippen molar-refractivity contribution in [1.29, 1.82) is 0 Å². The van der Waals surface area contributed by atoms with Gasteiger partial charge >= 0.3 is 0 Å². The molecule has 0 aliphatic carbocycles. The summed E-state index contributed by atoms with van der Waals surface area (Å²) in [5.74, 6) is 0.851. The monoisotopic (exact) mass is 251 g/mol. The third-order valence-corrected chi connectivity index (χ3v) is 3.31. The molecule has 1 aliphatic rings. The molecule has 1 atom stereocenters. The van der Waals surface area contributed by atoms with E-state index in [4.69, 9.17) is 0 Å². The summed E-state index contributed by atoms with van der Waals surface area (Å²) >= 11 is 0. The minimum atomic E-state index is -0.0887. The van der Waals surface area contributed by atoms with Gasteiger partial charge in [0.15, 0.2) is 0 Å². The van der Waals surface area contributed by atoms with Gasteiger partial charge in [-0.3, -0.25) is 9.89 Å². The van der Waals surface area contributed by atoms with Crippen molar-refractivity contribution in [3.63, 3.8) is 0 Å². The molecule has 2 N–H and O–H groups in total. The summed E-state index contributed by atoms with van der Waals surface area (Å²) in [4.78, 5) is 18.1. The van der Waals surface area contributed by atoms with Gasteiger partial charge in [-0.05, 0) is 33.2 Å². The molecule has 1 amide bonds. The van der Waals surface area contributed by atoms with E-state index in [1.807, 2.05) is 11.8 Å². The van der Waals surface area contributed by atoms with E-state index >= 15 is 0 Å². The van der Waals surface area contributed by atoms with Crippen LogP contribution in [-0.4, -0.2) is 51.7 Å². The topological polar surface area (TPSA) is 73.9 Å². The molecule has 2 heterocycles. The molecule has 1 unspecified atom stereocenters. The molecule has 1 saturated heterocycles. The summed E-state index contributed by atoms with van der Waals surface area (Å²) in [5.41, 5.74) is 0. The lowest BCUT2D eigenvalue weighted by Crippen LogP contribution is -2.46. The van der Waals surface area contributed by atoms with Crippen LogP contribution < -0.4 is 5.32 Å². The number of hydrogen-bond donors (Lipinski definition) is 2. The Kier molecular flexibility index (Phi) is 4.30. The smallest absolute Gasteiger partial charge is 0.293 e. The molecule has 2 rings (SSSR count). The zero-order valence-corrected chi connectivity index (χ0v) is 11.1. The summed E-state index contributed by atoms with van der Waals surface area (Å²) in [5, 5.41) is 10.1. The number of piperidine rings is 1. The second-order valence-corrected chi connectivity index (χ2v) is 4.74. The van der Waals surface area contributed by atoms with Crippen molar-refractivity contribution in [1.82, 2.24) is 25.4 Å². The van der Waals surface area contributed by atoms with Gasteiger partial charge in [-0.25, -0.2) is 4.98 Å². The molecule has 0 aromatic carbocycles. The number of hydrogen-bond acceptors (Lipinski definition) is 4. The van der Waals surface area contributed by atoms with E-state index in [1.165, 1.54) is 12.8 Å². The molecule has 1 aromatic rings. The first-order valence-electron chi connectivity index (χ1n) is 6.62. The van der Waals surface area contributed by atoms with E-state index in [0.29, 0.717) is 18.4 Å². The number of carbonyl (C=O) groups excluding carboxylic acids is 1. The van der Waals surface area contributed by atoms with E-state index in [1.54, 1.807) is 6.92 Å². The lowest BCUT2D eigenvalue weighted by atomic mass is 10.0. The molecule has 1 aromatic heterocycles. The third kappa shape index (κ3) is 3.07. The van der Waals surface area contributed by atoms with Crippen LogP contribution in [0.5, 0.6) is 0 Å². The number of amides is 1. The maximum atomic E-state index is 12.2. The Hall–Kier alpha value is -1.43. The fraction of sp³-hybridized carbons (Fsp3) is 0.750. The first-order chi connectivity index (χ1) is 8.70. The van der Waals surface area contributed by atoms with Gasteiger partial charge in [-0.1, -0.05) is 6.42 Å². The van der Waals surface area contributed by atoms with Crippen LogP contribution in [0.25, 0.3) is 0 Å². The quantitative estimate of drug-likeness (QED) is 0.827. The second-order valence-electron chi connectivity index (χ2n) is 4.74. The van der Waals surface area contributed by atoms with Crippen molar-refractivity contribution < 1.29 is 4.79 Å². The van der Waals surface area contributed by atoms with Crippen molar-refractivity contribution >= 4 is 5.91 Å². The molecule has 6 nitrogen and oxygen atoms in total. The summed E-state index contributed by atoms with van der Waals surface area (Å²) < 4.78 is 0. The number of rotatable bonds is 4.